The van der Waals surface area contributed by atoms with Crippen molar-refractivity contribution in [3.63, 3.8) is 0 Å². The molecule has 3 atom stereocenters. The molecule has 2 aliphatic rings. The highest BCUT2D eigenvalue weighted by atomic mass is 16.3. The molecule has 2 heterocycles. The zero-order valence-electron chi connectivity index (χ0n) is 11.4. The Hall–Kier alpha value is -1.13. The molecule has 0 radical (unpaired) electrons. The van der Waals surface area contributed by atoms with E-state index < -0.39 is 6.10 Å². The van der Waals surface area contributed by atoms with Gasteiger partial charge in [-0.2, -0.15) is 0 Å². The Kier molecular flexibility index (Phi) is 3.23. The van der Waals surface area contributed by atoms with Gasteiger partial charge in [0, 0.05) is 19.6 Å². The molecule has 2 fully saturated rings. The van der Waals surface area contributed by atoms with Gasteiger partial charge < -0.3 is 10.2 Å². The molecule has 3 rings (SSSR count). The Morgan fingerprint density at radius 1 is 1.53 bits per heavy atom. The van der Waals surface area contributed by atoms with Crippen LogP contribution in [0.2, 0.25) is 0 Å². The number of aromatic hydroxyl groups is 1. The molecule has 1 saturated heterocycles. The lowest BCUT2D eigenvalue weighted by Crippen LogP contribution is -2.29. The van der Waals surface area contributed by atoms with Crippen LogP contribution in [-0.4, -0.2) is 39.7 Å². The van der Waals surface area contributed by atoms with E-state index in [1.54, 1.807) is 12.1 Å². The van der Waals surface area contributed by atoms with E-state index in [2.05, 4.69) is 16.8 Å². The second kappa shape index (κ2) is 4.76. The molecule has 19 heavy (non-hydrogen) atoms. The second-order valence-corrected chi connectivity index (χ2v) is 6.39. The topological polar surface area (TPSA) is 56.6 Å². The predicted molar refractivity (Wildman–Crippen MR) is 72.7 cm³/mol. The van der Waals surface area contributed by atoms with Crippen LogP contribution in [0.5, 0.6) is 5.75 Å². The summed E-state index contributed by atoms with van der Waals surface area (Å²) in [7, 11) is 0. The Labute approximate surface area is 114 Å². The Bertz CT molecular complexity index is 448. The summed E-state index contributed by atoms with van der Waals surface area (Å²) < 4.78 is 0. The third-order valence-electron chi connectivity index (χ3n) is 4.89. The van der Waals surface area contributed by atoms with Crippen molar-refractivity contribution >= 4 is 0 Å². The maximum atomic E-state index is 10.2. The van der Waals surface area contributed by atoms with Crippen molar-refractivity contribution in [3.05, 3.63) is 24.0 Å². The fraction of sp³-hybridized carbons (Fsp3) is 0.667. The van der Waals surface area contributed by atoms with Crippen LogP contribution in [-0.2, 0) is 0 Å². The smallest absolute Gasteiger partial charge is 0.133 e. The van der Waals surface area contributed by atoms with Crippen LogP contribution >= 0.6 is 0 Å². The van der Waals surface area contributed by atoms with Gasteiger partial charge in [-0.25, -0.2) is 0 Å². The molecule has 0 aromatic carbocycles. The Morgan fingerprint density at radius 2 is 2.37 bits per heavy atom. The molecule has 4 heteroatoms. The van der Waals surface area contributed by atoms with Crippen LogP contribution in [0.3, 0.4) is 0 Å². The molecule has 1 aromatic rings. The average Bonchev–Trinajstić information content (AvgIpc) is 2.84. The lowest BCUT2D eigenvalue weighted by Gasteiger charge is -2.24. The molecule has 2 N–H and O–H groups in total. The molecule has 1 aliphatic carbocycles. The minimum absolute atomic E-state index is 0.138. The summed E-state index contributed by atoms with van der Waals surface area (Å²) in [4.78, 5) is 6.45. The first-order valence-electron chi connectivity index (χ1n) is 7.12. The van der Waals surface area contributed by atoms with Crippen molar-refractivity contribution in [2.45, 2.75) is 32.3 Å². The van der Waals surface area contributed by atoms with Crippen LogP contribution in [0.15, 0.2) is 18.3 Å². The monoisotopic (exact) mass is 262 g/mol. The largest absolute Gasteiger partial charge is 0.506 e. The van der Waals surface area contributed by atoms with Gasteiger partial charge in [0.25, 0.3) is 0 Å². The zero-order chi connectivity index (χ0) is 13.5. The van der Waals surface area contributed by atoms with E-state index in [1.807, 2.05) is 0 Å². The van der Waals surface area contributed by atoms with Gasteiger partial charge in [-0.1, -0.05) is 13.3 Å². The highest BCUT2D eigenvalue weighted by Gasteiger charge is 2.45. The summed E-state index contributed by atoms with van der Waals surface area (Å²) in [6, 6.07) is 3.27. The Morgan fingerprint density at radius 3 is 3.05 bits per heavy atom. The highest BCUT2D eigenvalue weighted by molar-refractivity contribution is 5.19. The average molecular weight is 262 g/mol. The number of hydrogen-bond donors (Lipinski definition) is 2. The third kappa shape index (κ3) is 2.47. The van der Waals surface area contributed by atoms with Crippen LogP contribution in [0.1, 0.15) is 38.0 Å². The van der Waals surface area contributed by atoms with Gasteiger partial charge in [-0.05, 0) is 36.3 Å². The van der Waals surface area contributed by atoms with Crippen molar-refractivity contribution in [1.82, 2.24) is 9.88 Å². The van der Waals surface area contributed by atoms with Crippen molar-refractivity contribution < 1.29 is 10.2 Å². The van der Waals surface area contributed by atoms with Crippen LogP contribution < -0.4 is 0 Å². The standard InChI is InChI=1S/C15H22N2O2/c1-15-6-2-3-11(15)8-17(10-15)9-14(19)13-5-4-12(18)7-16-13/h4-5,7,11,14,18-19H,2-3,6,8-10H2,1H3/t11-,14?,15?/m0/s1. The first kappa shape index (κ1) is 12.9. The van der Waals surface area contributed by atoms with Crippen molar-refractivity contribution in [1.29, 1.82) is 0 Å². The van der Waals surface area contributed by atoms with E-state index in [0.717, 1.165) is 19.0 Å². The molecular formula is C15H22N2O2. The minimum atomic E-state index is -0.567. The van der Waals surface area contributed by atoms with Gasteiger partial charge in [0.05, 0.1) is 11.9 Å². The minimum Gasteiger partial charge on any atom is -0.506 e. The van der Waals surface area contributed by atoms with Crippen molar-refractivity contribution in [2.75, 3.05) is 19.6 Å². The molecular weight excluding hydrogens is 240 g/mol. The first-order valence-corrected chi connectivity index (χ1v) is 7.12. The lowest BCUT2D eigenvalue weighted by atomic mass is 9.83. The molecule has 1 aliphatic heterocycles. The number of hydrogen-bond acceptors (Lipinski definition) is 4. The van der Waals surface area contributed by atoms with Crippen molar-refractivity contribution in [2.24, 2.45) is 11.3 Å². The number of likely N-dealkylation sites (tertiary alicyclic amines) is 1. The molecule has 2 unspecified atom stereocenters. The lowest BCUT2D eigenvalue weighted by molar-refractivity contribution is 0.115. The summed E-state index contributed by atoms with van der Waals surface area (Å²) in [5.74, 6) is 0.937. The molecule has 0 spiro atoms. The van der Waals surface area contributed by atoms with E-state index in [-0.39, 0.29) is 5.75 Å². The van der Waals surface area contributed by atoms with E-state index in [9.17, 15) is 10.2 Å². The summed E-state index contributed by atoms with van der Waals surface area (Å²) in [5.41, 5.74) is 1.10. The second-order valence-electron chi connectivity index (χ2n) is 6.39. The van der Waals surface area contributed by atoms with Crippen LogP contribution in [0.4, 0.5) is 0 Å². The zero-order valence-corrected chi connectivity index (χ0v) is 11.4. The number of fused-ring (bicyclic) bond motifs is 1. The quantitative estimate of drug-likeness (QED) is 0.874. The molecule has 0 amide bonds. The van der Waals surface area contributed by atoms with E-state index in [4.69, 9.17) is 0 Å². The normalized spacial score (nSPS) is 32.4. The highest BCUT2D eigenvalue weighted by Crippen LogP contribution is 2.48. The molecule has 4 nitrogen and oxygen atoms in total. The van der Waals surface area contributed by atoms with E-state index in [0.29, 0.717) is 17.7 Å². The Balaban J connectivity index is 1.62. The summed E-state index contributed by atoms with van der Waals surface area (Å²) in [5, 5.41) is 19.4. The SMILES string of the molecule is CC12CCC[C@H]1CN(CC(O)c1ccc(O)cn1)C2. The summed E-state index contributed by atoms with van der Waals surface area (Å²) in [6.07, 6.45) is 4.83. The van der Waals surface area contributed by atoms with Gasteiger partial charge in [0.15, 0.2) is 0 Å². The van der Waals surface area contributed by atoms with E-state index in [1.165, 1.54) is 25.5 Å². The predicted octanol–water partition coefficient (Wildman–Crippen LogP) is 1.94. The van der Waals surface area contributed by atoms with Crippen LogP contribution in [0, 0.1) is 11.3 Å². The van der Waals surface area contributed by atoms with Gasteiger partial charge in [0.2, 0.25) is 0 Å². The maximum Gasteiger partial charge on any atom is 0.133 e. The number of aliphatic hydroxyl groups is 1. The fourth-order valence-electron chi connectivity index (χ4n) is 3.78. The summed E-state index contributed by atoms with van der Waals surface area (Å²) >= 11 is 0. The number of aromatic nitrogens is 1. The van der Waals surface area contributed by atoms with E-state index >= 15 is 0 Å². The van der Waals surface area contributed by atoms with Gasteiger partial charge in [-0.3, -0.25) is 9.88 Å². The first-order chi connectivity index (χ1) is 9.07. The number of aliphatic hydroxyl groups excluding tert-OH is 1. The number of β-amino-alcohol motifs (C(OH)–C–C–N with tert-alkyl or cyclic N) is 1. The number of nitrogens with zero attached hydrogens (tertiary/aromatic N) is 2. The molecule has 1 aromatic heterocycles. The van der Waals surface area contributed by atoms with Crippen LogP contribution in [0.25, 0.3) is 0 Å². The maximum absolute atomic E-state index is 10.2. The van der Waals surface area contributed by atoms with Gasteiger partial charge in [0.1, 0.15) is 11.9 Å². The van der Waals surface area contributed by atoms with Crippen molar-refractivity contribution in [3.8, 4) is 5.75 Å². The van der Waals surface area contributed by atoms with Gasteiger partial charge >= 0.3 is 0 Å². The number of rotatable bonds is 3. The molecule has 0 bridgehead atoms. The van der Waals surface area contributed by atoms with Gasteiger partial charge in [-0.15, -0.1) is 0 Å². The third-order valence-corrected chi connectivity index (χ3v) is 4.89. The summed E-state index contributed by atoms with van der Waals surface area (Å²) in [6.45, 7) is 5.22. The fourth-order valence-corrected chi connectivity index (χ4v) is 3.78. The number of pyridine rings is 1. The molecule has 104 valence electrons. The molecule has 1 saturated carbocycles.